The van der Waals surface area contributed by atoms with Gasteiger partial charge in [-0.2, -0.15) is 0 Å². The van der Waals surface area contributed by atoms with Crippen LogP contribution < -0.4 is 0 Å². The van der Waals surface area contributed by atoms with Crippen LogP contribution in [0.15, 0.2) is 24.4 Å². The van der Waals surface area contributed by atoms with Crippen molar-refractivity contribution in [1.29, 1.82) is 0 Å². The van der Waals surface area contributed by atoms with E-state index in [1.54, 1.807) is 12.3 Å². The van der Waals surface area contributed by atoms with E-state index in [0.717, 1.165) is 12.0 Å². The molecule has 0 aromatic rings. The van der Waals surface area contributed by atoms with Crippen molar-refractivity contribution >= 4 is 11.9 Å². The number of esters is 1. The van der Waals surface area contributed by atoms with Crippen LogP contribution in [0.3, 0.4) is 0 Å². The molecule has 0 saturated carbocycles. The van der Waals surface area contributed by atoms with Crippen LogP contribution in [-0.4, -0.2) is 28.4 Å². The minimum atomic E-state index is -0.540. The summed E-state index contributed by atoms with van der Waals surface area (Å²) >= 11 is 0. The lowest BCUT2D eigenvalue weighted by molar-refractivity contribution is -0.163. The molecule has 0 unspecified atom stereocenters. The monoisotopic (exact) mass is 251 g/mol. The quantitative estimate of drug-likeness (QED) is 0.708. The molecule has 0 aromatic carbocycles. The number of allylic oxidation sites excluding steroid dienone is 2. The minimum Gasteiger partial charge on any atom is -0.458 e. The van der Waals surface area contributed by atoms with Crippen LogP contribution >= 0.6 is 0 Å². The summed E-state index contributed by atoms with van der Waals surface area (Å²) in [5.41, 5.74) is 0.423. The van der Waals surface area contributed by atoms with Gasteiger partial charge in [0, 0.05) is 13.1 Å². The molecule has 0 fully saturated rings. The van der Waals surface area contributed by atoms with E-state index in [2.05, 4.69) is 6.58 Å². The Kier molecular flexibility index (Phi) is 4.33. The predicted molar refractivity (Wildman–Crippen MR) is 69.7 cm³/mol. The van der Waals surface area contributed by atoms with E-state index in [0.29, 0.717) is 6.42 Å². The largest absolute Gasteiger partial charge is 0.458 e. The molecule has 100 valence electrons. The molecule has 0 aliphatic carbocycles. The summed E-state index contributed by atoms with van der Waals surface area (Å²) in [7, 11) is 0. The summed E-state index contributed by atoms with van der Waals surface area (Å²) in [5, 5.41) is 0. The van der Waals surface area contributed by atoms with Gasteiger partial charge in [-0.15, -0.1) is 0 Å². The first-order valence-electron chi connectivity index (χ1n) is 6.09. The Balaban J connectivity index is 2.88. The number of amides is 1. The molecule has 0 saturated heterocycles. The van der Waals surface area contributed by atoms with Crippen LogP contribution in [0.1, 0.15) is 40.5 Å². The van der Waals surface area contributed by atoms with E-state index in [-0.39, 0.29) is 11.9 Å². The standard InChI is InChI=1S/C14H21NO3/c1-6-11-7-8-12(15(9-11)10(2)16)13(17)18-14(3,4)5/h6,9,12H,1,7-8H2,2-5H3/t12-/m0/s1. The third-order valence-electron chi connectivity index (χ3n) is 2.65. The molecule has 0 bridgehead atoms. The summed E-state index contributed by atoms with van der Waals surface area (Å²) in [6.45, 7) is 10.6. The van der Waals surface area contributed by atoms with Gasteiger partial charge in [0.1, 0.15) is 11.6 Å². The maximum atomic E-state index is 12.1. The van der Waals surface area contributed by atoms with Crippen molar-refractivity contribution in [3.8, 4) is 0 Å². The van der Waals surface area contributed by atoms with Gasteiger partial charge in [-0.3, -0.25) is 4.79 Å². The Bertz CT molecular complexity index is 390. The zero-order valence-corrected chi connectivity index (χ0v) is 11.5. The third kappa shape index (κ3) is 3.72. The molecular weight excluding hydrogens is 230 g/mol. The van der Waals surface area contributed by atoms with Gasteiger partial charge in [0.05, 0.1) is 0 Å². The van der Waals surface area contributed by atoms with Crippen LogP contribution in [0, 0.1) is 0 Å². The molecule has 1 atom stereocenters. The third-order valence-corrected chi connectivity index (χ3v) is 2.65. The summed E-state index contributed by atoms with van der Waals surface area (Å²) in [5.74, 6) is -0.512. The number of ether oxygens (including phenoxy) is 1. The Morgan fingerprint density at radius 1 is 1.50 bits per heavy atom. The van der Waals surface area contributed by atoms with Crippen LogP contribution in [0.4, 0.5) is 0 Å². The summed E-state index contributed by atoms with van der Waals surface area (Å²) < 4.78 is 5.34. The van der Waals surface area contributed by atoms with Crippen LogP contribution in [-0.2, 0) is 14.3 Å². The molecule has 18 heavy (non-hydrogen) atoms. The molecule has 1 heterocycles. The fraction of sp³-hybridized carbons (Fsp3) is 0.571. The van der Waals surface area contributed by atoms with Crippen molar-refractivity contribution < 1.29 is 14.3 Å². The lowest BCUT2D eigenvalue weighted by atomic mass is 10.00. The summed E-state index contributed by atoms with van der Waals surface area (Å²) in [6.07, 6.45) is 4.71. The molecule has 0 spiro atoms. The first-order valence-corrected chi connectivity index (χ1v) is 6.09. The van der Waals surface area contributed by atoms with Crippen molar-refractivity contribution in [2.45, 2.75) is 52.2 Å². The molecule has 0 aromatic heterocycles. The van der Waals surface area contributed by atoms with Gasteiger partial charge >= 0.3 is 5.97 Å². The second kappa shape index (κ2) is 5.38. The van der Waals surface area contributed by atoms with E-state index in [4.69, 9.17) is 4.74 Å². The highest BCUT2D eigenvalue weighted by atomic mass is 16.6. The molecule has 1 aliphatic heterocycles. The summed E-state index contributed by atoms with van der Waals surface area (Å²) in [4.78, 5) is 25.1. The number of hydrogen-bond donors (Lipinski definition) is 0. The van der Waals surface area contributed by atoms with Crippen LogP contribution in [0.2, 0.25) is 0 Å². The van der Waals surface area contributed by atoms with Gasteiger partial charge in [0.15, 0.2) is 0 Å². The van der Waals surface area contributed by atoms with Crippen LogP contribution in [0.5, 0.6) is 0 Å². The van der Waals surface area contributed by atoms with Gasteiger partial charge in [-0.25, -0.2) is 4.79 Å². The molecule has 4 nitrogen and oxygen atoms in total. The normalized spacial score (nSPS) is 20.1. The van der Waals surface area contributed by atoms with E-state index in [9.17, 15) is 9.59 Å². The highest BCUT2D eigenvalue weighted by Crippen LogP contribution is 2.24. The van der Waals surface area contributed by atoms with Gasteiger partial charge in [-0.05, 0) is 39.2 Å². The van der Waals surface area contributed by atoms with Crippen molar-refractivity contribution in [2.75, 3.05) is 0 Å². The highest BCUT2D eigenvalue weighted by Gasteiger charge is 2.33. The topological polar surface area (TPSA) is 46.6 Å². The van der Waals surface area contributed by atoms with Crippen molar-refractivity contribution in [3.63, 3.8) is 0 Å². The zero-order valence-electron chi connectivity index (χ0n) is 11.5. The van der Waals surface area contributed by atoms with Gasteiger partial charge < -0.3 is 9.64 Å². The molecule has 1 rings (SSSR count). The van der Waals surface area contributed by atoms with Gasteiger partial charge in [0.25, 0.3) is 0 Å². The maximum Gasteiger partial charge on any atom is 0.329 e. The molecule has 4 heteroatoms. The second-order valence-corrected chi connectivity index (χ2v) is 5.42. The zero-order chi connectivity index (χ0) is 13.9. The fourth-order valence-corrected chi connectivity index (χ4v) is 1.84. The molecule has 1 amide bonds. The second-order valence-electron chi connectivity index (χ2n) is 5.42. The number of rotatable bonds is 2. The van der Waals surface area contributed by atoms with Crippen molar-refractivity contribution in [2.24, 2.45) is 0 Å². The lowest BCUT2D eigenvalue weighted by Gasteiger charge is -2.33. The number of nitrogens with zero attached hydrogens (tertiary/aromatic N) is 1. The van der Waals surface area contributed by atoms with Gasteiger partial charge in [-0.1, -0.05) is 12.7 Å². The maximum absolute atomic E-state index is 12.1. The Hall–Kier alpha value is -1.58. The number of carbonyl (C=O) groups is 2. The molecule has 0 N–H and O–H groups in total. The van der Waals surface area contributed by atoms with E-state index >= 15 is 0 Å². The first-order chi connectivity index (χ1) is 8.24. The number of carbonyl (C=O) groups excluding carboxylic acids is 2. The Labute approximate surface area is 108 Å². The molecular formula is C14H21NO3. The molecule has 0 radical (unpaired) electrons. The van der Waals surface area contributed by atoms with Crippen LogP contribution in [0.25, 0.3) is 0 Å². The fourth-order valence-electron chi connectivity index (χ4n) is 1.84. The summed E-state index contributed by atoms with van der Waals surface area (Å²) in [6, 6.07) is -0.523. The van der Waals surface area contributed by atoms with E-state index < -0.39 is 11.6 Å². The van der Waals surface area contributed by atoms with Crippen molar-refractivity contribution in [1.82, 2.24) is 4.90 Å². The minimum absolute atomic E-state index is 0.162. The SMILES string of the molecule is C=CC1=CN(C(C)=O)[C@H](C(=O)OC(C)(C)C)CC1. The first kappa shape index (κ1) is 14.5. The smallest absolute Gasteiger partial charge is 0.329 e. The van der Waals surface area contributed by atoms with E-state index in [1.165, 1.54) is 11.8 Å². The predicted octanol–water partition coefficient (Wildman–Crippen LogP) is 2.41. The number of hydrogen-bond acceptors (Lipinski definition) is 3. The highest BCUT2D eigenvalue weighted by molar-refractivity contribution is 5.84. The molecule has 1 aliphatic rings. The Morgan fingerprint density at radius 3 is 2.56 bits per heavy atom. The van der Waals surface area contributed by atoms with Crippen molar-refractivity contribution in [3.05, 3.63) is 24.4 Å². The van der Waals surface area contributed by atoms with E-state index in [1.807, 2.05) is 20.8 Å². The Morgan fingerprint density at radius 2 is 2.11 bits per heavy atom. The average molecular weight is 251 g/mol. The lowest BCUT2D eigenvalue weighted by Crippen LogP contribution is -2.45. The van der Waals surface area contributed by atoms with Gasteiger partial charge in [0.2, 0.25) is 5.91 Å². The average Bonchev–Trinajstić information content (AvgIpc) is 2.25.